The molecule has 1 saturated heterocycles. The van der Waals surface area contributed by atoms with Crippen molar-refractivity contribution in [3.05, 3.63) is 29.8 Å². The van der Waals surface area contributed by atoms with E-state index in [-0.39, 0.29) is 0 Å². The molecule has 1 spiro atoms. The molecule has 3 nitrogen and oxygen atoms in total. The van der Waals surface area contributed by atoms with Crippen LogP contribution in [0.4, 0.5) is 5.69 Å². The highest BCUT2D eigenvalue weighted by Crippen LogP contribution is 2.52. The van der Waals surface area contributed by atoms with Crippen LogP contribution in [0.5, 0.6) is 0 Å². The fourth-order valence-electron chi connectivity index (χ4n) is 2.99. The Balaban J connectivity index is 1.76. The summed E-state index contributed by atoms with van der Waals surface area (Å²) in [6, 6.07) is 10.6. The minimum atomic E-state index is 0.427. The van der Waals surface area contributed by atoms with Crippen LogP contribution in [0, 0.1) is 16.7 Å². The molecule has 3 heteroatoms. The number of piperidine rings is 1. The van der Waals surface area contributed by atoms with Crippen molar-refractivity contribution in [1.29, 1.82) is 5.26 Å². The molecule has 0 bridgehead atoms. The normalized spacial score (nSPS) is 25.6. The molecule has 0 radical (unpaired) electrons. The number of nitrogens with zero attached hydrogens (tertiary/aromatic N) is 2. The van der Waals surface area contributed by atoms with Gasteiger partial charge in [0, 0.05) is 19.1 Å². The van der Waals surface area contributed by atoms with E-state index in [1.54, 1.807) is 0 Å². The molecule has 1 atom stereocenters. The molecule has 1 aromatic rings. The molecule has 1 aliphatic carbocycles. The molecule has 17 heavy (non-hydrogen) atoms. The summed E-state index contributed by atoms with van der Waals surface area (Å²) in [5.41, 5.74) is 8.31. The Morgan fingerprint density at radius 3 is 2.53 bits per heavy atom. The zero-order valence-electron chi connectivity index (χ0n) is 9.89. The van der Waals surface area contributed by atoms with Gasteiger partial charge in [0.2, 0.25) is 0 Å². The van der Waals surface area contributed by atoms with Gasteiger partial charge in [0.1, 0.15) is 6.07 Å². The van der Waals surface area contributed by atoms with Gasteiger partial charge in [-0.15, -0.1) is 0 Å². The summed E-state index contributed by atoms with van der Waals surface area (Å²) in [6.45, 7) is 2.07. The summed E-state index contributed by atoms with van der Waals surface area (Å²) < 4.78 is 0. The minimum Gasteiger partial charge on any atom is -0.370 e. The average Bonchev–Trinajstić information content (AvgIpc) is 3.00. The van der Waals surface area contributed by atoms with Crippen LogP contribution >= 0.6 is 0 Å². The van der Waals surface area contributed by atoms with Gasteiger partial charge in [-0.2, -0.15) is 5.26 Å². The van der Waals surface area contributed by atoms with Crippen LogP contribution in [-0.2, 0) is 0 Å². The van der Waals surface area contributed by atoms with Crippen molar-refractivity contribution in [1.82, 2.24) is 0 Å². The maximum Gasteiger partial charge on any atom is 0.101 e. The van der Waals surface area contributed by atoms with Gasteiger partial charge < -0.3 is 10.6 Å². The third kappa shape index (κ3) is 1.69. The molecular formula is C14H17N3. The van der Waals surface area contributed by atoms with Crippen LogP contribution in [0.1, 0.15) is 24.8 Å². The van der Waals surface area contributed by atoms with Gasteiger partial charge in [-0.3, -0.25) is 0 Å². The van der Waals surface area contributed by atoms with Crippen LogP contribution in [0.25, 0.3) is 0 Å². The van der Waals surface area contributed by atoms with Gasteiger partial charge in [0.15, 0.2) is 0 Å². The predicted molar refractivity (Wildman–Crippen MR) is 67.6 cm³/mol. The van der Waals surface area contributed by atoms with E-state index in [0.29, 0.717) is 11.5 Å². The van der Waals surface area contributed by atoms with E-state index >= 15 is 0 Å². The molecule has 88 valence electrons. The summed E-state index contributed by atoms with van der Waals surface area (Å²) >= 11 is 0. The molecule has 1 aromatic carbocycles. The number of benzene rings is 1. The average molecular weight is 227 g/mol. The van der Waals surface area contributed by atoms with Crippen molar-refractivity contribution in [3.8, 4) is 6.07 Å². The second-order valence-corrected chi connectivity index (χ2v) is 5.29. The molecule has 2 fully saturated rings. The fraction of sp³-hybridized carbons (Fsp3) is 0.500. The van der Waals surface area contributed by atoms with Crippen LogP contribution in [0.3, 0.4) is 0 Å². The highest BCUT2D eigenvalue weighted by molar-refractivity contribution is 5.59. The second-order valence-electron chi connectivity index (χ2n) is 5.29. The lowest BCUT2D eigenvalue weighted by Crippen LogP contribution is -2.37. The maximum atomic E-state index is 9.11. The Kier molecular flexibility index (Phi) is 2.34. The number of rotatable bonds is 1. The molecule has 0 aromatic heterocycles. The van der Waals surface area contributed by atoms with E-state index < -0.39 is 0 Å². The van der Waals surface area contributed by atoms with E-state index in [2.05, 4.69) is 11.0 Å². The molecule has 2 aliphatic rings. The first-order valence-corrected chi connectivity index (χ1v) is 6.25. The molecule has 2 N–H and O–H groups in total. The summed E-state index contributed by atoms with van der Waals surface area (Å²) in [4.78, 5) is 2.33. The maximum absolute atomic E-state index is 9.11. The molecule has 1 saturated carbocycles. The number of anilines is 1. The standard InChI is InChI=1S/C14H17N3/c15-10-11-3-1-2-4-12(11)17-7-5-14(6-8-17)9-13(14)16/h1-4,13H,5-9,16H2. The highest BCUT2D eigenvalue weighted by Gasteiger charge is 2.52. The van der Waals surface area contributed by atoms with Crippen molar-refractivity contribution >= 4 is 5.69 Å². The number of nitriles is 1. The molecule has 3 rings (SSSR count). The topological polar surface area (TPSA) is 53.0 Å². The Labute approximate surface area is 102 Å². The fourth-order valence-corrected chi connectivity index (χ4v) is 2.99. The van der Waals surface area contributed by atoms with Crippen molar-refractivity contribution in [2.75, 3.05) is 18.0 Å². The zero-order chi connectivity index (χ0) is 11.9. The summed E-state index contributed by atoms with van der Waals surface area (Å²) in [5.74, 6) is 0. The van der Waals surface area contributed by atoms with Crippen molar-refractivity contribution < 1.29 is 0 Å². The molecular weight excluding hydrogens is 210 g/mol. The molecule has 1 unspecified atom stereocenters. The molecule has 1 heterocycles. The first-order chi connectivity index (χ1) is 8.25. The van der Waals surface area contributed by atoms with E-state index in [1.165, 1.54) is 19.3 Å². The third-order valence-electron chi connectivity index (χ3n) is 4.38. The lowest BCUT2D eigenvalue weighted by Gasteiger charge is -2.34. The minimum absolute atomic E-state index is 0.427. The van der Waals surface area contributed by atoms with Gasteiger partial charge in [-0.25, -0.2) is 0 Å². The number of nitrogens with two attached hydrogens (primary N) is 1. The van der Waals surface area contributed by atoms with E-state index in [9.17, 15) is 0 Å². The van der Waals surface area contributed by atoms with Gasteiger partial charge in [-0.05, 0) is 36.8 Å². The Morgan fingerprint density at radius 1 is 1.29 bits per heavy atom. The SMILES string of the molecule is N#Cc1ccccc1N1CCC2(CC1)CC2N. The molecule has 1 aliphatic heterocycles. The van der Waals surface area contributed by atoms with Crippen LogP contribution in [0.2, 0.25) is 0 Å². The van der Waals surface area contributed by atoms with Crippen molar-refractivity contribution in [2.45, 2.75) is 25.3 Å². The Hall–Kier alpha value is -1.53. The van der Waals surface area contributed by atoms with E-state index in [0.717, 1.165) is 24.3 Å². The van der Waals surface area contributed by atoms with E-state index in [4.69, 9.17) is 11.0 Å². The summed E-state index contributed by atoms with van der Waals surface area (Å²) in [5, 5.41) is 9.11. The smallest absolute Gasteiger partial charge is 0.101 e. The van der Waals surface area contributed by atoms with Crippen molar-refractivity contribution in [2.24, 2.45) is 11.1 Å². The van der Waals surface area contributed by atoms with E-state index in [1.807, 2.05) is 24.3 Å². The van der Waals surface area contributed by atoms with Gasteiger partial charge in [0.25, 0.3) is 0 Å². The molecule has 0 amide bonds. The first-order valence-electron chi connectivity index (χ1n) is 6.25. The summed E-state index contributed by atoms with van der Waals surface area (Å²) in [7, 11) is 0. The van der Waals surface area contributed by atoms with Gasteiger partial charge in [0.05, 0.1) is 11.3 Å². The predicted octanol–water partition coefficient (Wildman–Crippen LogP) is 1.88. The second kappa shape index (κ2) is 3.75. The van der Waals surface area contributed by atoms with Gasteiger partial charge >= 0.3 is 0 Å². The van der Waals surface area contributed by atoms with Crippen molar-refractivity contribution in [3.63, 3.8) is 0 Å². The first kappa shape index (κ1) is 10.6. The Morgan fingerprint density at radius 2 is 1.94 bits per heavy atom. The quantitative estimate of drug-likeness (QED) is 0.797. The lowest BCUT2D eigenvalue weighted by molar-refractivity contribution is 0.371. The number of hydrogen-bond acceptors (Lipinski definition) is 3. The van der Waals surface area contributed by atoms with Gasteiger partial charge in [-0.1, -0.05) is 12.1 Å². The monoisotopic (exact) mass is 227 g/mol. The largest absolute Gasteiger partial charge is 0.370 e. The van der Waals surface area contributed by atoms with Crippen LogP contribution < -0.4 is 10.6 Å². The highest BCUT2D eigenvalue weighted by atomic mass is 15.1. The van der Waals surface area contributed by atoms with Crippen LogP contribution in [-0.4, -0.2) is 19.1 Å². The number of hydrogen-bond donors (Lipinski definition) is 1. The third-order valence-corrected chi connectivity index (χ3v) is 4.38. The zero-order valence-corrected chi connectivity index (χ0v) is 9.89. The van der Waals surface area contributed by atoms with Crippen LogP contribution in [0.15, 0.2) is 24.3 Å². The summed E-state index contributed by atoms with van der Waals surface area (Å²) in [6.07, 6.45) is 3.54. The lowest BCUT2D eigenvalue weighted by atomic mass is 9.92. The number of para-hydroxylation sites is 1. The Bertz CT molecular complexity index is 467.